The van der Waals surface area contributed by atoms with Gasteiger partial charge in [-0.3, -0.25) is 4.79 Å². The first-order valence-corrected chi connectivity index (χ1v) is 8.66. The number of hydrogen-bond donors (Lipinski definition) is 1. The van der Waals surface area contributed by atoms with E-state index in [2.05, 4.69) is 43.2 Å². The lowest BCUT2D eigenvalue weighted by molar-refractivity contribution is 0.0658. The minimum atomic E-state index is -0.0362. The number of nitrogens with zero attached hydrogens (tertiary/aromatic N) is 4. The van der Waals surface area contributed by atoms with E-state index in [1.807, 2.05) is 36.1 Å². The number of aryl methyl sites for hydroxylation is 1. The van der Waals surface area contributed by atoms with E-state index in [4.69, 9.17) is 0 Å². The van der Waals surface area contributed by atoms with Crippen molar-refractivity contribution in [2.24, 2.45) is 0 Å². The Morgan fingerprint density at radius 3 is 2.62 bits per heavy atom. The van der Waals surface area contributed by atoms with Crippen LogP contribution in [0.15, 0.2) is 34.8 Å². The third-order valence-corrected chi connectivity index (χ3v) is 4.44. The molecule has 1 aliphatic heterocycles. The Labute approximate surface area is 150 Å². The lowest BCUT2D eigenvalue weighted by atomic mass is 10.2. The van der Waals surface area contributed by atoms with Crippen LogP contribution in [0.25, 0.3) is 0 Å². The Balaban J connectivity index is 1.79. The lowest BCUT2D eigenvalue weighted by Gasteiger charge is -2.32. The van der Waals surface area contributed by atoms with Crippen LogP contribution in [0.3, 0.4) is 0 Å². The van der Waals surface area contributed by atoms with Gasteiger partial charge in [-0.2, -0.15) is 0 Å². The van der Waals surface area contributed by atoms with Crippen LogP contribution in [-0.2, 0) is 0 Å². The van der Waals surface area contributed by atoms with E-state index in [0.29, 0.717) is 11.6 Å². The maximum Gasteiger partial charge on any atom is 0.272 e. The molecule has 1 N–H and O–H groups in total. The quantitative estimate of drug-likeness (QED) is 0.873. The van der Waals surface area contributed by atoms with Gasteiger partial charge in [0.1, 0.15) is 5.69 Å². The fourth-order valence-corrected chi connectivity index (χ4v) is 3.00. The number of amides is 1. The molecule has 24 heavy (non-hydrogen) atoms. The summed E-state index contributed by atoms with van der Waals surface area (Å²) in [6, 6.07) is 9.49. The summed E-state index contributed by atoms with van der Waals surface area (Å²) in [4.78, 5) is 25.6. The van der Waals surface area contributed by atoms with Crippen molar-refractivity contribution in [1.29, 1.82) is 0 Å². The van der Waals surface area contributed by atoms with Crippen molar-refractivity contribution >= 4 is 33.5 Å². The van der Waals surface area contributed by atoms with Gasteiger partial charge in [-0.05, 0) is 38.2 Å². The smallest absolute Gasteiger partial charge is 0.272 e. The molecule has 1 aromatic carbocycles. The topological polar surface area (TPSA) is 61.4 Å². The van der Waals surface area contributed by atoms with Crippen LogP contribution in [0, 0.1) is 6.92 Å². The largest absolute Gasteiger partial charge is 0.335 e. The number of piperazine rings is 1. The minimum Gasteiger partial charge on any atom is -0.335 e. The first-order valence-electron chi connectivity index (χ1n) is 7.87. The molecule has 2 aromatic rings. The summed E-state index contributed by atoms with van der Waals surface area (Å²) >= 11 is 3.44. The molecule has 1 amide bonds. The third-order valence-electron chi connectivity index (χ3n) is 3.94. The van der Waals surface area contributed by atoms with Crippen molar-refractivity contribution in [1.82, 2.24) is 19.8 Å². The van der Waals surface area contributed by atoms with Crippen LogP contribution < -0.4 is 5.32 Å². The average molecular weight is 390 g/mol. The highest BCUT2D eigenvalue weighted by Gasteiger charge is 2.22. The Morgan fingerprint density at radius 1 is 1.17 bits per heavy atom. The number of rotatable bonds is 3. The number of halogens is 1. The van der Waals surface area contributed by atoms with E-state index in [1.165, 1.54) is 0 Å². The van der Waals surface area contributed by atoms with Gasteiger partial charge in [0, 0.05) is 42.0 Å². The second-order valence-electron chi connectivity index (χ2n) is 5.95. The van der Waals surface area contributed by atoms with Crippen LogP contribution in [0.2, 0.25) is 0 Å². The second-order valence-corrected chi connectivity index (χ2v) is 6.86. The number of anilines is 2. The Bertz CT molecular complexity index is 744. The summed E-state index contributed by atoms with van der Waals surface area (Å²) in [5.74, 6) is 0.400. The van der Waals surface area contributed by atoms with Gasteiger partial charge in [0.2, 0.25) is 5.95 Å². The van der Waals surface area contributed by atoms with Crippen LogP contribution >= 0.6 is 15.9 Å². The highest BCUT2D eigenvalue weighted by atomic mass is 79.9. The van der Waals surface area contributed by atoms with Crippen LogP contribution in [-0.4, -0.2) is 58.9 Å². The van der Waals surface area contributed by atoms with E-state index in [0.717, 1.165) is 42.0 Å². The number of likely N-dealkylation sites (N-methyl/N-ethyl adjacent to an activating group) is 1. The number of benzene rings is 1. The van der Waals surface area contributed by atoms with Crippen molar-refractivity contribution < 1.29 is 4.79 Å². The predicted molar refractivity (Wildman–Crippen MR) is 97.6 cm³/mol. The monoisotopic (exact) mass is 389 g/mol. The summed E-state index contributed by atoms with van der Waals surface area (Å²) < 4.78 is 0.967. The molecule has 1 aliphatic rings. The Kier molecular flexibility index (Phi) is 5.11. The van der Waals surface area contributed by atoms with E-state index in [-0.39, 0.29) is 5.91 Å². The maximum atomic E-state index is 12.7. The predicted octanol–water partition coefficient (Wildman–Crippen LogP) is 2.68. The van der Waals surface area contributed by atoms with Crippen molar-refractivity contribution in [2.45, 2.75) is 6.92 Å². The lowest BCUT2D eigenvalue weighted by Crippen LogP contribution is -2.47. The molecule has 0 unspecified atom stereocenters. The van der Waals surface area contributed by atoms with Crippen molar-refractivity contribution in [3.8, 4) is 0 Å². The minimum absolute atomic E-state index is 0.0362. The number of carbonyl (C=O) groups is 1. The fraction of sp³-hybridized carbons (Fsp3) is 0.353. The van der Waals surface area contributed by atoms with E-state index in [1.54, 1.807) is 6.07 Å². The zero-order valence-electron chi connectivity index (χ0n) is 13.8. The Hall–Kier alpha value is -1.99. The third kappa shape index (κ3) is 4.10. The van der Waals surface area contributed by atoms with Gasteiger partial charge < -0.3 is 15.1 Å². The molecule has 0 aliphatic carbocycles. The molecule has 1 fully saturated rings. The molecule has 0 atom stereocenters. The standard InChI is InChI=1S/C17H20BrN5O/c1-12-10-15(16(24)23-8-6-22(2)7-9-23)21-17(19-12)20-14-5-3-4-13(18)11-14/h3-5,10-11H,6-9H2,1-2H3,(H,19,20,21). The first-order chi connectivity index (χ1) is 11.5. The molecular formula is C17H20BrN5O. The average Bonchev–Trinajstić information content (AvgIpc) is 2.54. The molecule has 7 heteroatoms. The van der Waals surface area contributed by atoms with E-state index < -0.39 is 0 Å². The molecule has 0 saturated carbocycles. The van der Waals surface area contributed by atoms with Gasteiger partial charge in [-0.1, -0.05) is 22.0 Å². The zero-order chi connectivity index (χ0) is 17.1. The molecule has 1 saturated heterocycles. The number of carbonyl (C=O) groups excluding carboxylic acids is 1. The molecule has 2 heterocycles. The van der Waals surface area contributed by atoms with E-state index >= 15 is 0 Å². The van der Waals surface area contributed by atoms with Crippen LogP contribution in [0.5, 0.6) is 0 Å². The molecule has 0 bridgehead atoms. The van der Waals surface area contributed by atoms with Crippen LogP contribution in [0.4, 0.5) is 11.6 Å². The van der Waals surface area contributed by atoms with Crippen molar-refractivity contribution in [2.75, 3.05) is 38.5 Å². The normalized spacial score (nSPS) is 15.4. The number of aromatic nitrogens is 2. The van der Waals surface area contributed by atoms with Gasteiger partial charge in [-0.15, -0.1) is 0 Å². The number of nitrogens with one attached hydrogen (secondary N) is 1. The maximum absolute atomic E-state index is 12.7. The van der Waals surface area contributed by atoms with Crippen molar-refractivity contribution in [3.05, 3.63) is 46.2 Å². The first kappa shape index (κ1) is 16.9. The summed E-state index contributed by atoms with van der Waals surface area (Å²) in [6.07, 6.45) is 0. The molecule has 3 rings (SSSR count). The highest BCUT2D eigenvalue weighted by molar-refractivity contribution is 9.10. The summed E-state index contributed by atoms with van der Waals surface area (Å²) in [6.45, 7) is 5.10. The molecule has 126 valence electrons. The van der Waals surface area contributed by atoms with Gasteiger partial charge >= 0.3 is 0 Å². The summed E-state index contributed by atoms with van der Waals surface area (Å²) in [7, 11) is 2.07. The fourth-order valence-electron chi connectivity index (χ4n) is 2.60. The van der Waals surface area contributed by atoms with Crippen molar-refractivity contribution in [3.63, 3.8) is 0 Å². The molecular weight excluding hydrogens is 370 g/mol. The second kappa shape index (κ2) is 7.27. The highest BCUT2D eigenvalue weighted by Crippen LogP contribution is 2.19. The van der Waals surface area contributed by atoms with Gasteiger partial charge in [0.25, 0.3) is 5.91 Å². The van der Waals surface area contributed by atoms with Crippen LogP contribution in [0.1, 0.15) is 16.2 Å². The molecule has 1 aromatic heterocycles. The zero-order valence-corrected chi connectivity index (χ0v) is 15.4. The van der Waals surface area contributed by atoms with Gasteiger partial charge in [0.05, 0.1) is 0 Å². The Morgan fingerprint density at radius 2 is 1.92 bits per heavy atom. The molecule has 6 nitrogen and oxygen atoms in total. The number of hydrogen-bond acceptors (Lipinski definition) is 5. The van der Waals surface area contributed by atoms with Gasteiger partial charge in [-0.25, -0.2) is 9.97 Å². The molecule has 0 radical (unpaired) electrons. The van der Waals surface area contributed by atoms with Gasteiger partial charge in [0.15, 0.2) is 0 Å². The molecule has 0 spiro atoms. The van der Waals surface area contributed by atoms with E-state index in [9.17, 15) is 4.79 Å². The summed E-state index contributed by atoms with van der Waals surface area (Å²) in [5, 5.41) is 3.16. The SMILES string of the molecule is Cc1cc(C(=O)N2CCN(C)CC2)nc(Nc2cccc(Br)c2)n1. The summed E-state index contributed by atoms with van der Waals surface area (Å²) in [5.41, 5.74) is 2.07.